The van der Waals surface area contributed by atoms with Gasteiger partial charge in [-0.25, -0.2) is 0 Å². The molecular weight excluding hydrogens is 530 g/mol. The van der Waals surface area contributed by atoms with Crippen molar-refractivity contribution in [2.75, 3.05) is 11.9 Å². The molecule has 0 fully saturated rings. The quantitative estimate of drug-likeness (QED) is 0.171. The second kappa shape index (κ2) is 10.5. The summed E-state index contributed by atoms with van der Waals surface area (Å²) in [5, 5.41) is 12.5. The van der Waals surface area contributed by atoms with Crippen LogP contribution in [0.4, 0.5) is 5.69 Å². The predicted molar refractivity (Wildman–Crippen MR) is 120 cm³/mol. The number of hydrogen-bond acceptors (Lipinski definition) is 5. The number of rotatable bonds is 6. The minimum absolute atomic E-state index is 0.153. The zero-order valence-electron chi connectivity index (χ0n) is 15.4. The van der Waals surface area contributed by atoms with Crippen molar-refractivity contribution in [3.63, 3.8) is 0 Å². The van der Waals surface area contributed by atoms with Crippen molar-refractivity contribution in [3.05, 3.63) is 55.1 Å². The van der Waals surface area contributed by atoms with Crippen LogP contribution in [0.15, 0.2) is 35.9 Å². The van der Waals surface area contributed by atoms with Crippen LogP contribution in [0.25, 0.3) is 6.08 Å². The smallest absolute Gasteiger partial charge is 0.308 e. The molecule has 150 valence electrons. The lowest BCUT2D eigenvalue weighted by atomic mass is 10.1. The normalized spacial score (nSPS) is 10.8. The second-order valence-electron chi connectivity index (χ2n) is 5.58. The SMILES string of the molecule is CCOc1cc(/C=C(\C#N)C(=O)Nc2cccc(Cl)c2Cl)cc(I)c1OC(C)=O. The molecule has 0 atom stereocenters. The van der Waals surface area contributed by atoms with E-state index in [1.165, 1.54) is 13.0 Å². The highest BCUT2D eigenvalue weighted by molar-refractivity contribution is 14.1. The van der Waals surface area contributed by atoms with Crippen LogP contribution in [0, 0.1) is 14.9 Å². The maximum atomic E-state index is 12.5. The van der Waals surface area contributed by atoms with Crippen molar-refractivity contribution >= 4 is 69.4 Å². The first-order valence-corrected chi connectivity index (χ1v) is 10.1. The highest BCUT2D eigenvalue weighted by atomic mass is 127. The predicted octanol–water partition coefficient (Wildman–Crippen LogP) is 5.47. The first-order chi connectivity index (χ1) is 13.8. The number of nitrogens with zero attached hydrogens (tertiary/aromatic N) is 1. The van der Waals surface area contributed by atoms with Gasteiger partial charge >= 0.3 is 5.97 Å². The summed E-state index contributed by atoms with van der Waals surface area (Å²) >= 11 is 14.0. The van der Waals surface area contributed by atoms with Crippen LogP contribution in [0.5, 0.6) is 11.5 Å². The van der Waals surface area contributed by atoms with Crippen molar-refractivity contribution in [3.8, 4) is 17.6 Å². The van der Waals surface area contributed by atoms with Crippen LogP contribution in [0.1, 0.15) is 19.4 Å². The summed E-state index contributed by atoms with van der Waals surface area (Å²) in [4.78, 5) is 23.8. The number of carbonyl (C=O) groups is 2. The summed E-state index contributed by atoms with van der Waals surface area (Å²) in [6.45, 7) is 3.42. The molecule has 2 rings (SSSR count). The van der Waals surface area contributed by atoms with E-state index in [2.05, 4.69) is 5.32 Å². The Balaban J connectivity index is 2.39. The van der Waals surface area contributed by atoms with Gasteiger partial charge in [-0.1, -0.05) is 29.3 Å². The molecule has 0 aliphatic rings. The summed E-state index contributed by atoms with van der Waals surface area (Å²) in [5.41, 5.74) is 0.664. The van der Waals surface area contributed by atoms with Crippen molar-refractivity contribution in [2.45, 2.75) is 13.8 Å². The van der Waals surface area contributed by atoms with Gasteiger partial charge in [0.2, 0.25) is 0 Å². The lowest BCUT2D eigenvalue weighted by molar-refractivity contribution is -0.132. The second-order valence-corrected chi connectivity index (χ2v) is 7.53. The Labute approximate surface area is 191 Å². The van der Waals surface area contributed by atoms with Crippen LogP contribution < -0.4 is 14.8 Å². The van der Waals surface area contributed by atoms with Gasteiger partial charge in [-0.3, -0.25) is 9.59 Å². The molecule has 0 unspecified atom stereocenters. The Bertz CT molecular complexity index is 1030. The molecule has 9 heteroatoms. The Morgan fingerprint density at radius 3 is 2.66 bits per heavy atom. The molecular formula is C20H15Cl2IN2O4. The fourth-order valence-electron chi connectivity index (χ4n) is 2.28. The van der Waals surface area contributed by atoms with Gasteiger partial charge in [0.15, 0.2) is 11.5 Å². The third-order valence-corrected chi connectivity index (χ3v) is 5.07. The molecule has 0 aliphatic heterocycles. The molecule has 0 bridgehead atoms. The largest absolute Gasteiger partial charge is 0.490 e. The van der Waals surface area contributed by atoms with Gasteiger partial charge in [-0.15, -0.1) is 0 Å². The number of hydrogen-bond donors (Lipinski definition) is 1. The molecule has 29 heavy (non-hydrogen) atoms. The number of esters is 1. The number of anilines is 1. The molecule has 0 spiro atoms. The third kappa shape index (κ3) is 6.10. The fraction of sp³-hybridized carbons (Fsp3) is 0.150. The van der Waals surface area contributed by atoms with Gasteiger partial charge in [0.05, 0.1) is 25.9 Å². The first-order valence-electron chi connectivity index (χ1n) is 8.28. The van der Waals surface area contributed by atoms with E-state index >= 15 is 0 Å². The van der Waals surface area contributed by atoms with E-state index in [4.69, 9.17) is 32.7 Å². The topological polar surface area (TPSA) is 88.4 Å². The average molecular weight is 545 g/mol. The van der Waals surface area contributed by atoms with E-state index in [1.807, 2.05) is 28.7 Å². The summed E-state index contributed by atoms with van der Waals surface area (Å²) in [6, 6.07) is 9.91. The van der Waals surface area contributed by atoms with Crippen LogP contribution in [0.3, 0.4) is 0 Å². The molecule has 0 aliphatic carbocycles. The Morgan fingerprint density at radius 1 is 1.31 bits per heavy atom. The van der Waals surface area contributed by atoms with Crippen LogP contribution in [0.2, 0.25) is 10.0 Å². The Kier molecular flexibility index (Phi) is 8.32. The third-order valence-electron chi connectivity index (χ3n) is 3.45. The van der Waals surface area contributed by atoms with Gasteiger partial charge in [-0.2, -0.15) is 5.26 Å². The highest BCUT2D eigenvalue weighted by Gasteiger charge is 2.16. The fourth-order valence-corrected chi connectivity index (χ4v) is 3.37. The summed E-state index contributed by atoms with van der Waals surface area (Å²) in [7, 11) is 0. The molecule has 2 aromatic carbocycles. The van der Waals surface area contributed by atoms with Crippen LogP contribution in [-0.4, -0.2) is 18.5 Å². The van der Waals surface area contributed by atoms with Gasteiger partial charge < -0.3 is 14.8 Å². The van der Waals surface area contributed by atoms with E-state index in [9.17, 15) is 14.9 Å². The molecule has 1 amide bonds. The van der Waals surface area contributed by atoms with Crippen molar-refractivity contribution in [2.24, 2.45) is 0 Å². The number of amides is 1. The van der Waals surface area contributed by atoms with Gasteiger partial charge in [-0.05, 0) is 65.4 Å². The molecule has 0 aromatic heterocycles. The van der Waals surface area contributed by atoms with Crippen molar-refractivity contribution in [1.29, 1.82) is 5.26 Å². The standard InChI is InChI=1S/C20H15Cl2IN2O4/c1-3-28-17-9-12(8-15(23)19(17)29-11(2)26)7-13(10-24)20(27)25-16-6-4-5-14(21)18(16)22/h4-9H,3H2,1-2H3,(H,25,27)/b13-7+. The molecule has 0 saturated carbocycles. The monoisotopic (exact) mass is 544 g/mol. The lowest BCUT2D eigenvalue weighted by Crippen LogP contribution is -2.14. The number of nitriles is 1. The molecule has 1 N–H and O–H groups in total. The zero-order valence-corrected chi connectivity index (χ0v) is 19.1. The molecule has 0 saturated heterocycles. The maximum Gasteiger partial charge on any atom is 0.308 e. The molecule has 6 nitrogen and oxygen atoms in total. The number of benzene rings is 2. The summed E-state index contributed by atoms with van der Waals surface area (Å²) < 4.78 is 11.3. The van der Waals surface area contributed by atoms with E-state index in [1.54, 1.807) is 37.3 Å². The minimum atomic E-state index is -0.645. The minimum Gasteiger partial charge on any atom is -0.490 e. The first kappa shape index (κ1) is 23.0. The van der Waals surface area contributed by atoms with E-state index in [0.717, 1.165) is 0 Å². The lowest BCUT2D eigenvalue weighted by Gasteiger charge is -2.13. The number of carbonyl (C=O) groups excluding carboxylic acids is 2. The van der Waals surface area contributed by atoms with E-state index in [0.29, 0.717) is 27.2 Å². The highest BCUT2D eigenvalue weighted by Crippen LogP contribution is 2.35. The zero-order chi connectivity index (χ0) is 21.6. The van der Waals surface area contributed by atoms with Gasteiger partial charge in [0.1, 0.15) is 11.6 Å². The van der Waals surface area contributed by atoms with E-state index < -0.39 is 11.9 Å². The summed E-state index contributed by atoms with van der Waals surface area (Å²) in [5.74, 6) is -0.515. The number of nitrogens with one attached hydrogen (secondary N) is 1. The maximum absolute atomic E-state index is 12.5. The van der Waals surface area contributed by atoms with E-state index in [-0.39, 0.29) is 21.4 Å². The molecule has 0 radical (unpaired) electrons. The Morgan fingerprint density at radius 2 is 2.03 bits per heavy atom. The molecule has 2 aromatic rings. The summed E-state index contributed by atoms with van der Waals surface area (Å²) in [6.07, 6.45) is 1.40. The van der Waals surface area contributed by atoms with Crippen LogP contribution in [-0.2, 0) is 9.59 Å². The van der Waals surface area contributed by atoms with Crippen molar-refractivity contribution in [1.82, 2.24) is 0 Å². The number of ether oxygens (including phenoxy) is 2. The van der Waals surface area contributed by atoms with Gasteiger partial charge in [0.25, 0.3) is 5.91 Å². The molecule has 0 heterocycles. The van der Waals surface area contributed by atoms with Crippen LogP contribution >= 0.6 is 45.8 Å². The number of halogens is 3. The van der Waals surface area contributed by atoms with Gasteiger partial charge in [0, 0.05) is 6.92 Å². The van der Waals surface area contributed by atoms with Crippen molar-refractivity contribution < 1.29 is 19.1 Å². The average Bonchev–Trinajstić information content (AvgIpc) is 2.66. The Hall–Kier alpha value is -2.28.